The van der Waals surface area contributed by atoms with Crippen molar-refractivity contribution >= 4 is 44.9 Å². The van der Waals surface area contributed by atoms with Gasteiger partial charge < -0.3 is 4.98 Å². The van der Waals surface area contributed by atoms with Gasteiger partial charge in [0.1, 0.15) is 0 Å². The first kappa shape index (κ1) is 31.3. The summed E-state index contributed by atoms with van der Waals surface area (Å²) in [5.74, 6) is 0.0638. The standard InChI is InChI=1S/C23H15N2.C22H12NO.Ir/c1-2-8-16(9-3-1)21(22-19-12-6-4-10-17(19)14-24-22)23-20-13-7-5-11-18(20)15-25-23;24-22-17-10-5-4-9-15(17)16-11-6-12-19-21(16)18(22)13-20(23-19)14-7-2-1-3-8-14;/h1-15H;1-7,9-13H;/q2*-1;/b22-21-;;. The average Bonchev–Trinajstić information content (AvgIpc) is 3.80. The maximum atomic E-state index is 13.0. The SMILES string of the molecule is C1=N/C(=C(/c2ccccc2)c2[n-]cc3ccccc23)c2ccccc21.O=C1c2ccccc2-c2cccc3nc(-c4[c-]cccc4)cc1c23.[Ir]. The Bertz CT molecular complexity index is 2620. The van der Waals surface area contributed by atoms with Crippen LogP contribution in [-0.2, 0) is 20.1 Å². The van der Waals surface area contributed by atoms with Crippen molar-refractivity contribution in [3.8, 4) is 22.4 Å². The van der Waals surface area contributed by atoms with Gasteiger partial charge in [0.25, 0.3) is 0 Å². The minimum atomic E-state index is 0. The number of hydrogen-bond donors (Lipinski definition) is 0. The summed E-state index contributed by atoms with van der Waals surface area (Å²) >= 11 is 0. The summed E-state index contributed by atoms with van der Waals surface area (Å²) in [7, 11) is 0. The minimum absolute atomic E-state index is 0. The molecule has 239 valence electrons. The second-order valence-corrected chi connectivity index (χ2v) is 12.0. The molecule has 10 rings (SSSR count). The van der Waals surface area contributed by atoms with Gasteiger partial charge in [0, 0.05) is 54.0 Å². The molecule has 8 aromatic rings. The van der Waals surface area contributed by atoms with Gasteiger partial charge in [-0.1, -0.05) is 121 Å². The largest absolute Gasteiger partial charge is 0.663 e. The molecule has 50 heavy (non-hydrogen) atoms. The van der Waals surface area contributed by atoms with Crippen LogP contribution >= 0.6 is 0 Å². The Morgan fingerprint density at radius 2 is 1.36 bits per heavy atom. The van der Waals surface area contributed by atoms with E-state index in [0.29, 0.717) is 0 Å². The molecular formula is C45H27IrN3O-2. The number of carbonyl (C=O) groups excluding carboxylic acids is 1. The molecule has 0 atom stereocenters. The molecule has 0 unspecified atom stereocenters. The molecule has 0 bridgehead atoms. The predicted molar refractivity (Wildman–Crippen MR) is 199 cm³/mol. The Hall–Kier alpha value is -6.00. The van der Waals surface area contributed by atoms with Gasteiger partial charge >= 0.3 is 0 Å². The number of rotatable bonds is 3. The van der Waals surface area contributed by atoms with Crippen molar-refractivity contribution in [1.82, 2.24) is 9.97 Å². The molecule has 2 aliphatic rings. The fourth-order valence-corrected chi connectivity index (χ4v) is 6.89. The molecule has 1 aliphatic heterocycles. The van der Waals surface area contributed by atoms with E-state index in [1.165, 1.54) is 0 Å². The number of hydrogen-bond acceptors (Lipinski definition) is 3. The van der Waals surface area contributed by atoms with Gasteiger partial charge in [-0.2, -0.15) is 6.20 Å². The minimum Gasteiger partial charge on any atom is -0.663 e. The average molecular weight is 818 g/mol. The Labute approximate surface area is 303 Å². The van der Waals surface area contributed by atoms with Crippen LogP contribution in [0.4, 0.5) is 0 Å². The molecule has 1 radical (unpaired) electrons. The van der Waals surface area contributed by atoms with Crippen LogP contribution in [0.25, 0.3) is 55.3 Å². The van der Waals surface area contributed by atoms with Gasteiger partial charge in [-0.15, -0.1) is 41.6 Å². The molecular weight excluding hydrogens is 791 g/mol. The fraction of sp³-hybridized carbons (Fsp3) is 0. The smallest absolute Gasteiger partial charge is 0.193 e. The molecule has 0 saturated heterocycles. The van der Waals surface area contributed by atoms with Crippen LogP contribution in [0, 0.1) is 6.07 Å². The monoisotopic (exact) mass is 818 g/mol. The number of pyridine rings is 1. The van der Waals surface area contributed by atoms with Gasteiger partial charge in [-0.05, 0) is 44.8 Å². The first-order chi connectivity index (χ1) is 24.2. The van der Waals surface area contributed by atoms with Crippen molar-refractivity contribution in [2.45, 2.75) is 0 Å². The topological polar surface area (TPSA) is 56.4 Å². The Morgan fingerprint density at radius 1 is 0.640 bits per heavy atom. The summed E-state index contributed by atoms with van der Waals surface area (Å²) in [6.07, 6.45) is 3.89. The number of nitrogens with zero attached hydrogens (tertiary/aromatic N) is 3. The first-order valence-electron chi connectivity index (χ1n) is 16.2. The zero-order valence-corrected chi connectivity index (χ0v) is 29.1. The molecule has 0 amide bonds. The third-order valence-corrected chi connectivity index (χ3v) is 9.16. The van der Waals surface area contributed by atoms with Gasteiger partial charge in [0.15, 0.2) is 5.78 Å². The summed E-state index contributed by atoms with van der Waals surface area (Å²) in [6, 6.07) is 53.7. The fourth-order valence-electron chi connectivity index (χ4n) is 6.89. The van der Waals surface area contributed by atoms with E-state index in [4.69, 9.17) is 15.0 Å². The summed E-state index contributed by atoms with van der Waals surface area (Å²) in [4.78, 5) is 27.3. The van der Waals surface area contributed by atoms with Crippen LogP contribution in [0.15, 0.2) is 163 Å². The second-order valence-electron chi connectivity index (χ2n) is 12.0. The molecule has 0 fully saturated rings. The Kier molecular flexibility index (Phi) is 8.21. The number of aliphatic imine (C=N–C) groups is 1. The first-order valence-corrected chi connectivity index (χ1v) is 16.2. The van der Waals surface area contributed by atoms with Crippen LogP contribution in [-0.4, -0.2) is 17.0 Å². The van der Waals surface area contributed by atoms with E-state index in [1.54, 1.807) is 0 Å². The van der Waals surface area contributed by atoms with Gasteiger partial charge in [-0.25, -0.2) is 0 Å². The summed E-state index contributed by atoms with van der Waals surface area (Å²) in [6.45, 7) is 0. The molecule has 5 heteroatoms. The molecule has 2 aromatic heterocycles. The van der Waals surface area contributed by atoms with E-state index in [1.807, 2.05) is 97.3 Å². The number of benzene rings is 6. The predicted octanol–water partition coefficient (Wildman–Crippen LogP) is 10.1. The van der Waals surface area contributed by atoms with Gasteiger partial charge in [-0.3, -0.25) is 14.8 Å². The molecule has 3 heterocycles. The summed E-state index contributed by atoms with van der Waals surface area (Å²) in [5, 5.41) is 3.26. The third-order valence-electron chi connectivity index (χ3n) is 9.16. The molecule has 0 N–H and O–H groups in total. The Morgan fingerprint density at radius 3 is 2.20 bits per heavy atom. The number of aromatic nitrogens is 2. The molecule has 4 nitrogen and oxygen atoms in total. The van der Waals surface area contributed by atoms with Crippen LogP contribution in [0.5, 0.6) is 0 Å². The Balaban J connectivity index is 0.000000142. The van der Waals surface area contributed by atoms with Crippen LogP contribution in [0.3, 0.4) is 0 Å². The van der Waals surface area contributed by atoms with Crippen LogP contribution in [0.1, 0.15) is 38.3 Å². The van der Waals surface area contributed by atoms with Crippen LogP contribution in [0.2, 0.25) is 0 Å². The molecule has 0 saturated carbocycles. The molecule has 6 aromatic carbocycles. The maximum absolute atomic E-state index is 13.0. The van der Waals surface area contributed by atoms with E-state index in [-0.39, 0.29) is 25.9 Å². The summed E-state index contributed by atoms with van der Waals surface area (Å²) < 4.78 is 0. The van der Waals surface area contributed by atoms with E-state index < -0.39 is 0 Å². The zero-order valence-electron chi connectivity index (χ0n) is 26.7. The molecule has 0 spiro atoms. The van der Waals surface area contributed by atoms with E-state index in [2.05, 4.69) is 72.8 Å². The van der Waals surface area contributed by atoms with Gasteiger partial charge in [0.2, 0.25) is 0 Å². The van der Waals surface area contributed by atoms with E-state index >= 15 is 0 Å². The number of ketones is 1. The van der Waals surface area contributed by atoms with Crippen molar-refractivity contribution in [2.75, 3.05) is 0 Å². The quantitative estimate of drug-likeness (QED) is 0.167. The van der Waals surface area contributed by atoms with E-state index in [9.17, 15) is 4.79 Å². The summed E-state index contributed by atoms with van der Waals surface area (Å²) in [5.41, 5.74) is 12.6. The third kappa shape index (κ3) is 5.34. The number of fused-ring (bicyclic) bond motifs is 4. The van der Waals surface area contributed by atoms with Crippen LogP contribution < -0.4 is 4.98 Å². The molecule has 1 aliphatic carbocycles. The normalized spacial score (nSPS) is 13.2. The zero-order chi connectivity index (χ0) is 32.7. The van der Waals surface area contributed by atoms with Crippen molar-refractivity contribution in [2.24, 2.45) is 4.99 Å². The van der Waals surface area contributed by atoms with Crippen molar-refractivity contribution < 1.29 is 24.9 Å². The van der Waals surface area contributed by atoms with Gasteiger partial charge in [0.05, 0.1) is 11.2 Å². The van der Waals surface area contributed by atoms with E-state index in [0.717, 1.165) is 88.8 Å². The van der Waals surface area contributed by atoms with Crippen molar-refractivity contribution in [1.29, 1.82) is 0 Å². The van der Waals surface area contributed by atoms with Crippen molar-refractivity contribution in [3.05, 3.63) is 197 Å². The second kappa shape index (κ2) is 13.1. The number of carbonyl (C=O) groups is 1. The van der Waals surface area contributed by atoms with Crippen molar-refractivity contribution in [3.63, 3.8) is 0 Å². The maximum Gasteiger partial charge on any atom is 0.193 e.